The smallest absolute Gasteiger partial charge is 0.327 e. The Hall–Kier alpha value is -2.32. The van der Waals surface area contributed by atoms with E-state index in [9.17, 15) is 8.42 Å². The maximum absolute atomic E-state index is 12.4. The summed E-state index contributed by atoms with van der Waals surface area (Å²) in [5.74, 6) is 0. The second kappa shape index (κ2) is 4.85. The van der Waals surface area contributed by atoms with Crippen LogP contribution in [0.15, 0.2) is 67.8 Å². The van der Waals surface area contributed by atoms with E-state index in [2.05, 4.69) is 9.97 Å². The number of hydrogen-bond acceptors (Lipinski definition) is 7. The van der Waals surface area contributed by atoms with Crippen molar-refractivity contribution in [3.05, 3.63) is 48.5 Å². The van der Waals surface area contributed by atoms with Gasteiger partial charge in [-0.05, 0) is 24.3 Å². The van der Waals surface area contributed by atoms with Crippen LogP contribution in [0, 0.1) is 0 Å². The molecule has 0 N–H and O–H groups in total. The molecule has 4 aromatic rings. The number of hydrogen-bond donors (Lipinski definition) is 0. The molecule has 0 radical (unpaired) electrons. The summed E-state index contributed by atoms with van der Waals surface area (Å²) >= 11 is 0. The van der Waals surface area contributed by atoms with E-state index in [1.165, 1.54) is 0 Å². The average molecular weight is 332 g/mol. The fourth-order valence-electron chi connectivity index (χ4n) is 1.97. The van der Waals surface area contributed by atoms with Gasteiger partial charge in [0.1, 0.15) is 11.0 Å². The Balaban J connectivity index is 1.73. The van der Waals surface area contributed by atoms with Crippen LogP contribution in [0.2, 0.25) is 0 Å². The number of nitrogens with zero attached hydrogens (tertiary/aromatic N) is 2. The first kappa shape index (κ1) is 13.4. The fourth-order valence-corrected chi connectivity index (χ4v) is 4.10. The Labute approximate surface area is 128 Å². The summed E-state index contributed by atoms with van der Waals surface area (Å²) in [6.07, 6.45) is 0. The van der Waals surface area contributed by atoms with Crippen molar-refractivity contribution in [1.82, 2.24) is 9.97 Å². The lowest BCUT2D eigenvalue weighted by Gasteiger charge is -1.93. The third-order valence-electron chi connectivity index (χ3n) is 2.94. The zero-order valence-corrected chi connectivity index (χ0v) is 12.6. The van der Waals surface area contributed by atoms with Crippen molar-refractivity contribution in [3.8, 4) is 0 Å². The Morgan fingerprint density at radius 3 is 2.05 bits per heavy atom. The molecule has 6 nitrogen and oxygen atoms in total. The van der Waals surface area contributed by atoms with Crippen LogP contribution >= 0.6 is 10.8 Å². The van der Waals surface area contributed by atoms with Crippen molar-refractivity contribution in [1.29, 1.82) is 0 Å². The Bertz CT molecular complexity index is 1020. The monoisotopic (exact) mass is 332 g/mol. The minimum Gasteiger partial charge on any atom is -0.431 e. The lowest BCUT2D eigenvalue weighted by Crippen LogP contribution is -1.95. The van der Waals surface area contributed by atoms with Crippen LogP contribution in [-0.2, 0) is 8.87 Å². The van der Waals surface area contributed by atoms with Gasteiger partial charge in [0.15, 0.2) is 11.2 Å². The zero-order valence-electron chi connectivity index (χ0n) is 11.0. The maximum Gasteiger partial charge on any atom is 0.327 e. The molecule has 110 valence electrons. The van der Waals surface area contributed by atoms with Gasteiger partial charge in [-0.25, -0.2) is 13.4 Å². The molecule has 8 heteroatoms. The van der Waals surface area contributed by atoms with E-state index < -0.39 is 8.87 Å². The molecule has 0 bridgehead atoms. The number of fused-ring (bicyclic) bond motifs is 2. The van der Waals surface area contributed by atoms with E-state index in [0.29, 0.717) is 33.0 Å². The first-order valence-corrected chi connectivity index (χ1v) is 9.09. The molecule has 4 rings (SSSR count). The molecule has 22 heavy (non-hydrogen) atoms. The largest absolute Gasteiger partial charge is 0.431 e. The van der Waals surface area contributed by atoms with Crippen LogP contribution in [0.25, 0.3) is 22.2 Å². The lowest BCUT2D eigenvalue weighted by molar-refractivity contribution is 0.463. The Kier molecular flexibility index (Phi) is 2.95. The van der Waals surface area contributed by atoms with Crippen molar-refractivity contribution in [2.24, 2.45) is 0 Å². The van der Waals surface area contributed by atoms with Crippen molar-refractivity contribution in [3.63, 3.8) is 0 Å². The second-order valence-corrected chi connectivity index (χ2v) is 8.02. The van der Waals surface area contributed by atoms with E-state index in [4.69, 9.17) is 8.83 Å². The predicted molar refractivity (Wildman–Crippen MR) is 81.1 cm³/mol. The van der Waals surface area contributed by atoms with Gasteiger partial charge in [0, 0.05) is 0 Å². The normalized spacial score (nSPS) is 12.2. The van der Waals surface area contributed by atoms with Gasteiger partial charge < -0.3 is 8.83 Å². The summed E-state index contributed by atoms with van der Waals surface area (Å²) in [6.45, 7) is 0. The van der Waals surface area contributed by atoms with Crippen LogP contribution in [0.4, 0.5) is 0 Å². The molecule has 0 unspecified atom stereocenters. The summed E-state index contributed by atoms with van der Waals surface area (Å²) in [7, 11) is -3.36. The summed E-state index contributed by atoms with van der Waals surface area (Å²) in [6, 6.07) is 13.9. The molecule has 0 amide bonds. The Morgan fingerprint density at radius 2 is 1.41 bits per heavy atom. The van der Waals surface area contributed by atoms with E-state index >= 15 is 0 Å². The van der Waals surface area contributed by atoms with Crippen molar-refractivity contribution >= 4 is 41.9 Å². The molecule has 0 aliphatic rings. The average Bonchev–Trinajstić information content (AvgIpc) is 3.09. The molecular weight excluding hydrogens is 324 g/mol. The lowest BCUT2D eigenvalue weighted by atomic mass is 10.3. The van der Waals surface area contributed by atoms with Crippen LogP contribution in [0.5, 0.6) is 0 Å². The molecule has 0 aliphatic carbocycles. The molecule has 2 heterocycles. The van der Waals surface area contributed by atoms with Gasteiger partial charge in [-0.1, -0.05) is 24.3 Å². The third-order valence-corrected chi connectivity index (χ3v) is 5.60. The fraction of sp³-hybridized carbons (Fsp3) is 0. The van der Waals surface area contributed by atoms with Gasteiger partial charge in [-0.2, -0.15) is 4.98 Å². The standard InChI is InChI=1S/C14H8N2O4S2/c17-22(18,14-16-10-6-2-4-8-12(10)20-14)21-13-15-9-5-1-3-7-11(9)19-13/h1-8H. The van der Waals surface area contributed by atoms with Crippen molar-refractivity contribution in [2.45, 2.75) is 10.4 Å². The molecular formula is C14H8N2O4S2. The molecule has 0 fully saturated rings. The topological polar surface area (TPSA) is 86.2 Å². The highest BCUT2D eigenvalue weighted by molar-refractivity contribution is 8.71. The number of oxazole rings is 2. The van der Waals surface area contributed by atoms with Gasteiger partial charge in [0.05, 0.1) is 10.8 Å². The maximum atomic E-state index is 12.4. The third kappa shape index (κ3) is 2.26. The minimum absolute atomic E-state index is 0.0310. The van der Waals surface area contributed by atoms with Crippen LogP contribution in [0.1, 0.15) is 0 Å². The molecule has 0 atom stereocenters. The number of rotatable bonds is 3. The summed E-state index contributed by atoms with van der Waals surface area (Å²) in [4.78, 5) is 8.11. The molecule has 2 aromatic carbocycles. The summed E-state index contributed by atoms with van der Waals surface area (Å²) in [5, 5.41) is -0.329. The van der Waals surface area contributed by atoms with Gasteiger partial charge in [0.2, 0.25) is 0 Å². The second-order valence-electron chi connectivity index (χ2n) is 4.43. The Morgan fingerprint density at radius 1 is 0.818 bits per heavy atom. The number of benzene rings is 2. The molecule has 0 spiro atoms. The highest BCUT2D eigenvalue weighted by Crippen LogP contribution is 2.33. The molecule has 0 saturated heterocycles. The van der Waals surface area contributed by atoms with Crippen molar-refractivity contribution < 1.29 is 17.3 Å². The van der Waals surface area contributed by atoms with Gasteiger partial charge in [-0.15, -0.1) is 0 Å². The first-order chi connectivity index (χ1) is 10.6. The predicted octanol–water partition coefficient (Wildman–Crippen LogP) is 3.45. The first-order valence-electron chi connectivity index (χ1n) is 6.27. The van der Waals surface area contributed by atoms with Crippen LogP contribution in [0.3, 0.4) is 0 Å². The number of aromatic nitrogens is 2. The van der Waals surface area contributed by atoms with E-state index in [1.807, 2.05) is 0 Å². The highest BCUT2D eigenvalue weighted by Gasteiger charge is 2.26. The highest BCUT2D eigenvalue weighted by atomic mass is 33.1. The summed E-state index contributed by atoms with van der Waals surface area (Å²) < 4.78 is 35.4. The summed E-state index contributed by atoms with van der Waals surface area (Å²) in [5.41, 5.74) is 2.02. The van der Waals surface area contributed by atoms with Gasteiger partial charge in [0.25, 0.3) is 14.1 Å². The quantitative estimate of drug-likeness (QED) is 0.531. The zero-order chi connectivity index (χ0) is 15.2. The van der Waals surface area contributed by atoms with E-state index in [1.54, 1.807) is 48.5 Å². The van der Waals surface area contributed by atoms with Crippen LogP contribution < -0.4 is 0 Å². The minimum atomic E-state index is -3.84. The van der Waals surface area contributed by atoms with E-state index in [0.717, 1.165) is 0 Å². The van der Waals surface area contributed by atoms with Gasteiger partial charge >= 0.3 is 5.22 Å². The SMILES string of the molecule is O=S(=O)(Sc1nc2ccccc2o1)c1nc2ccccc2o1. The van der Waals surface area contributed by atoms with Crippen LogP contribution in [-0.4, -0.2) is 18.4 Å². The molecule has 0 saturated carbocycles. The van der Waals surface area contributed by atoms with Crippen molar-refractivity contribution in [2.75, 3.05) is 0 Å². The molecule has 2 aromatic heterocycles. The van der Waals surface area contributed by atoms with E-state index in [-0.39, 0.29) is 10.4 Å². The number of para-hydroxylation sites is 4. The van der Waals surface area contributed by atoms with Gasteiger partial charge in [-0.3, -0.25) is 0 Å². The molecule has 0 aliphatic heterocycles.